The van der Waals surface area contributed by atoms with Gasteiger partial charge in [0.15, 0.2) is 0 Å². The van der Waals surface area contributed by atoms with Crippen LogP contribution in [0.5, 0.6) is 0 Å². The summed E-state index contributed by atoms with van der Waals surface area (Å²) in [6.07, 6.45) is 5.54. The molecule has 0 aromatic carbocycles. The number of carbonyl (C=O) groups excluding carboxylic acids is 1. The van der Waals surface area contributed by atoms with E-state index >= 15 is 0 Å². The maximum absolute atomic E-state index is 11.3. The highest BCUT2D eigenvalue weighted by Gasteiger charge is 2.63. The third-order valence-corrected chi connectivity index (χ3v) is 4.93. The van der Waals surface area contributed by atoms with Gasteiger partial charge in [0.05, 0.1) is 0 Å². The molecule has 16 heavy (non-hydrogen) atoms. The van der Waals surface area contributed by atoms with Crippen LogP contribution >= 0.6 is 0 Å². The van der Waals surface area contributed by atoms with Gasteiger partial charge >= 0.3 is 6.09 Å². The second-order valence-corrected chi connectivity index (χ2v) is 6.05. The number of ether oxygens (including phenoxy) is 1. The molecule has 5 unspecified atom stereocenters. The van der Waals surface area contributed by atoms with Crippen molar-refractivity contribution in [3.8, 4) is 0 Å². The molecule has 3 N–H and O–H groups in total. The number of hydrogen-bond donors (Lipinski definition) is 2. The topological polar surface area (TPSA) is 64.3 Å². The zero-order valence-electron chi connectivity index (χ0n) is 9.74. The first kappa shape index (κ1) is 10.4. The molecule has 0 aromatic rings. The minimum absolute atomic E-state index is 0.154. The van der Waals surface area contributed by atoms with E-state index in [-0.39, 0.29) is 5.60 Å². The fourth-order valence-electron chi connectivity index (χ4n) is 4.56. The van der Waals surface area contributed by atoms with Crippen LogP contribution in [0.2, 0.25) is 0 Å². The lowest BCUT2D eigenvalue weighted by atomic mass is 9.60. The van der Waals surface area contributed by atoms with Crippen molar-refractivity contribution in [2.24, 2.45) is 29.5 Å². The standard InChI is InChI=1S/C12H20N2O2/c1-7-2-8-4-10-9(3-7)6-12(10,5-8)16-11(15)14-13/h7-10H,2-6,13H2,1H3,(H,14,15). The molecule has 1 amide bonds. The van der Waals surface area contributed by atoms with Crippen LogP contribution < -0.4 is 11.3 Å². The van der Waals surface area contributed by atoms with Crippen LogP contribution in [0, 0.1) is 23.7 Å². The van der Waals surface area contributed by atoms with Gasteiger partial charge in [0.1, 0.15) is 5.60 Å². The van der Waals surface area contributed by atoms with Crippen LogP contribution in [0.25, 0.3) is 0 Å². The highest BCUT2D eigenvalue weighted by atomic mass is 16.6. The Bertz CT molecular complexity index is 316. The van der Waals surface area contributed by atoms with E-state index in [2.05, 4.69) is 12.3 Å². The quantitative estimate of drug-likeness (QED) is 0.405. The number of rotatable bonds is 1. The smallest absolute Gasteiger partial charge is 0.421 e. The summed E-state index contributed by atoms with van der Waals surface area (Å²) >= 11 is 0. The van der Waals surface area contributed by atoms with Crippen molar-refractivity contribution in [1.29, 1.82) is 0 Å². The summed E-state index contributed by atoms with van der Waals surface area (Å²) in [7, 11) is 0. The molecule has 0 saturated heterocycles. The molecule has 4 nitrogen and oxygen atoms in total. The normalized spacial score (nSPS) is 49.1. The minimum atomic E-state index is -0.460. The monoisotopic (exact) mass is 224 g/mol. The van der Waals surface area contributed by atoms with E-state index in [1.165, 1.54) is 19.3 Å². The molecule has 3 aliphatic carbocycles. The van der Waals surface area contributed by atoms with Crippen molar-refractivity contribution in [3.05, 3.63) is 0 Å². The maximum Gasteiger partial charge on any atom is 0.421 e. The molecule has 0 aromatic heterocycles. The molecule has 3 aliphatic rings. The van der Waals surface area contributed by atoms with Gasteiger partial charge in [0.25, 0.3) is 0 Å². The van der Waals surface area contributed by atoms with Crippen molar-refractivity contribution in [1.82, 2.24) is 5.43 Å². The summed E-state index contributed by atoms with van der Waals surface area (Å²) in [6.45, 7) is 2.36. The second-order valence-electron chi connectivity index (χ2n) is 6.05. The SMILES string of the molecule is CC1CC2CC3C(C1)CC3(OC(=O)NN)C2. The molecular formula is C12H20N2O2. The summed E-state index contributed by atoms with van der Waals surface area (Å²) in [4.78, 5) is 11.3. The second kappa shape index (κ2) is 3.36. The number of amides is 1. The number of hydrazine groups is 1. The van der Waals surface area contributed by atoms with E-state index in [0.717, 1.165) is 30.6 Å². The molecule has 0 aliphatic heterocycles. The van der Waals surface area contributed by atoms with E-state index in [4.69, 9.17) is 10.6 Å². The lowest BCUT2D eigenvalue weighted by Crippen LogP contribution is -2.55. The number of nitrogens with one attached hydrogen (secondary N) is 1. The molecule has 0 spiro atoms. The van der Waals surface area contributed by atoms with E-state index in [1.807, 2.05) is 0 Å². The van der Waals surface area contributed by atoms with E-state index < -0.39 is 6.09 Å². The third kappa shape index (κ3) is 1.35. The van der Waals surface area contributed by atoms with Crippen LogP contribution in [0.15, 0.2) is 0 Å². The van der Waals surface area contributed by atoms with Crippen molar-refractivity contribution in [2.75, 3.05) is 0 Å². The fourth-order valence-corrected chi connectivity index (χ4v) is 4.56. The molecule has 3 fully saturated rings. The average molecular weight is 224 g/mol. The van der Waals surface area contributed by atoms with Crippen LogP contribution in [-0.4, -0.2) is 11.7 Å². The van der Waals surface area contributed by atoms with E-state index in [0.29, 0.717) is 5.92 Å². The predicted octanol–water partition coefficient (Wildman–Crippen LogP) is 1.80. The Morgan fingerprint density at radius 3 is 2.94 bits per heavy atom. The van der Waals surface area contributed by atoms with Crippen LogP contribution in [0.4, 0.5) is 4.79 Å². The van der Waals surface area contributed by atoms with Crippen LogP contribution in [0.3, 0.4) is 0 Å². The highest BCUT2D eigenvalue weighted by Crippen LogP contribution is 2.63. The highest BCUT2D eigenvalue weighted by molar-refractivity contribution is 5.67. The molecule has 3 saturated carbocycles. The van der Waals surface area contributed by atoms with Crippen molar-refractivity contribution in [2.45, 2.75) is 44.6 Å². The van der Waals surface area contributed by atoms with Crippen molar-refractivity contribution >= 4 is 6.09 Å². The van der Waals surface area contributed by atoms with Gasteiger partial charge in [-0.1, -0.05) is 6.92 Å². The Morgan fingerprint density at radius 1 is 1.38 bits per heavy atom. The molecule has 5 atom stereocenters. The lowest BCUT2D eigenvalue weighted by Gasteiger charge is -2.51. The molecule has 2 bridgehead atoms. The summed E-state index contributed by atoms with van der Waals surface area (Å²) < 4.78 is 5.54. The fraction of sp³-hybridized carbons (Fsp3) is 0.917. The largest absolute Gasteiger partial charge is 0.442 e. The van der Waals surface area contributed by atoms with Gasteiger partial charge in [0.2, 0.25) is 0 Å². The summed E-state index contributed by atoms with van der Waals surface area (Å²) in [5.74, 6) is 8.10. The summed E-state index contributed by atoms with van der Waals surface area (Å²) in [5, 5.41) is 0. The zero-order valence-corrected chi connectivity index (χ0v) is 9.74. The third-order valence-electron chi connectivity index (χ3n) is 4.93. The Hall–Kier alpha value is -0.770. The van der Waals surface area contributed by atoms with Crippen molar-refractivity contribution in [3.63, 3.8) is 0 Å². The molecule has 90 valence electrons. The summed E-state index contributed by atoms with van der Waals surface area (Å²) in [6, 6.07) is 0. The van der Waals surface area contributed by atoms with Gasteiger partial charge in [-0.15, -0.1) is 0 Å². The molecule has 4 heteroatoms. The Balaban J connectivity index is 1.75. The van der Waals surface area contributed by atoms with Gasteiger partial charge < -0.3 is 4.74 Å². The number of fused-ring (bicyclic) bond motifs is 1. The van der Waals surface area contributed by atoms with Crippen LogP contribution in [0.1, 0.15) is 39.0 Å². The Labute approximate surface area is 95.9 Å². The van der Waals surface area contributed by atoms with Gasteiger partial charge in [-0.2, -0.15) is 0 Å². The summed E-state index contributed by atoms with van der Waals surface area (Å²) in [5.41, 5.74) is 1.93. The van der Waals surface area contributed by atoms with Gasteiger partial charge in [-0.25, -0.2) is 10.6 Å². The zero-order chi connectivity index (χ0) is 11.3. The minimum Gasteiger partial charge on any atom is -0.442 e. The van der Waals surface area contributed by atoms with Gasteiger partial charge in [-0.05, 0) is 49.9 Å². The van der Waals surface area contributed by atoms with Crippen LogP contribution in [-0.2, 0) is 4.74 Å². The molecule has 0 radical (unpaired) electrons. The van der Waals surface area contributed by atoms with E-state index in [9.17, 15) is 4.79 Å². The average Bonchev–Trinajstić information content (AvgIpc) is 2.39. The molecule has 3 rings (SSSR count). The Morgan fingerprint density at radius 2 is 2.19 bits per heavy atom. The van der Waals surface area contributed by atoms with Gasteiger partial charge in [-0.3, -0.25) is 5.43 Å². The lowest BCUT2D eigenvalue weighted by molar-refractivity contribution is -0.129. The Kier molecular flexibility index (Phi) is 2.18. The first-order chi connectivity index (χ1) is 7.63. The first-order valence-corrected chi connectivity index (χ1v) is 6.32. The van der Waals surface area contributed by atoms with Crippen molar-refractivity contribution < 1.29 is 9.53 Å². The number of nitrogens with two attached hydrogens (primary N) is 1. The van der Waals surface area contributed by atoms with Gasteiger partial charge in [0, 0.05) is 5.92 Å². The molecule has 0 heterocycles. The first-order valence-electron chi connectivity index (χ1n) is 6.32. The maximum atomic E-state index is 11.3. The number of hydrogen-bond acceptors (Lipinski definition) is 3. The van der Waals surface area contributed by atoms with E-state index in [1.54, 1.807) is 0 Å². The predicted molar refractivity (Wildman–Crippen MR) is 59.3 cm³/mol. The number of carbonyl (C=O) groups is 1. The molecular weight excluding hydrogens is 204 g/mol.